The first-order valence-corrected chi connectivity index (χ1v) is 6.89. The molecule has 0 radical (unpaired) electrons. The minimum absolute atomic E-state index is 0.0630. The van der Waals surface area contributed by atoms with Crippen LogP contribution in [0.25, 0.3) is 0 Å². The molecule has 3 N–H and O–H groups in total. The molecule has 1 unspecified atom stereocenters. The van der Waals surface area contributed by atoms with Crippen LogP contribution in [0.15, 0.2) is 54.6 Å². The molecule has 1 atom stereocenters. The smallest absolute Gasteiger partial charge is 0.233 e. The highest BCUT2D eigenvalue weighted by molar-refractivity contribution is 5.96. The van der Waals surface area contributed by atoms with Crippen molar-refractivity contribution in [1.29, 1.82) is 0 Å². The third-order valence-corrected chi connectivity index (χ3v) is 3.36. The van der Waals surface area contributed by atoms with Gasteiger partial charge in [-0.15, -0.1) is 0 Å². The SMILES string of the molecule is CCc1cccc(NC(=O)C(CN)c2ccccc2)c1. The minimum Gasteiger partial charge on any atom is -0.329 e. The van der Waals surface area contributed by atoms with Crippen molar-refractivity contribution in [2.24, 2.45) is 5.73 Å². The summed E-state index contributed by atoms with van der Waals surface area (Å²) in [5.74, 6) is -0.381. The quantitative estimate of drug-likeness (QED) is 0.876. The topological polar surface area (TPSA) is 55.1 Å². The van der Waals surface area contributed by atoms with Gasteiger partial charge in [-0.2, -0.15) is 0 Å². The van der Waals surface area contributed by atoms with Crippen molar-refractivity contribution in [1.82, 2.24) is 0 Å². The molecule has 0 saturated carbocycles. The van der Waals surface area contributed by atoms with Gasteiger partial charge in [-0.05, 0) is 29.7 Å². The molecule has 0 heterocycles. The molecule has 104 valence electrons. The monoisotopic (exact) mass is 268 g/mol. The molecule has 2 aromatic rings. The average Bonchev–Trinajstić information content (AvgIpc) is 2.49. The molecule has 0 aliphatic heterocycles. The molecule has 20 heavy (non-hydrogen) atoms. The number of hydrogen-bond acceptors (Lipinski definition) is 2. The first-order valence-electron chi connectivity index (χ1n) is 6.89. The van der Waals surface area contributed by atoms with Crippen LogP contribution in [0.1, 0.15) is 24.0 Å². The first kappa shape index (κ1) is 14.3. The van der Waals surface area contributed by atoms with Crippen LogP contribution in [-0.2, 0) is 11.2 Å². The van der Waals surface area contributed by atoms with Crippen molar-refractivity contribution in [3.8, 4) is 0 Å². The Morgan fingerprint density at radius 2 is 1.90 bits per heavy atom. The van der Waals surface area contributed by atoms with Crippen molar-refractivity contribution < 1.29 is 4.79 Å². The van der Waals surface area contributed by atoms with Crippen molar-refractivity contribution in [2.75, 3.05) is 11.9 Å². The van der Waals surface area contributed by atoms with Crippen LogP contribution in [-0.4, -0.2) is 12.5 Å². The molecule has 0 aliphatic rings. The van der Waals surface area contributed by atoms with Gasteiger partial charge in [0.15, 0.2) is 0 Å². The van der Waals surface area contributed by atoms with Crippen LogP contribution in [0.2, 0.25) is 0 Å². The van der Waals surface area contributed by atoms with Crippen LogP contribution < -0.4 is 11.1 Å². The number of hydrogen-bond donors (Lipinski definition) is 2. The van der Waals surface area contributed by atoms with E-state index in [2.05, 4.69) is 12.2 Å². The zero-order valence-electron chi connectivity index (χ0n) is 11.7. The van der Waals surface area contributed by atoms with Gasteiger partial charge in [0.05, 0.1) is 5.92 Å². The molecule has 0 aromatic heterocycles. The average molecular weight is 268 g/mol. The van der Waals surface area contributed by atoms with Gasteiger partial charge in [-0.25, -0.2) is 0 Å². The van der Waals surface area contributed by atoms with E-state index in [0.717, 1.165) is 17.7 Å². The van der Waals surface area contributed by atoms with Gasteiger partial charge in [0.1, 0.15) is 0 Å². The van der Waals surface area contributed by atoms with Crippen LogP contribution >= 0.6 is 0 Å². The maximum absolute atomic E-state index is 12.4. The molecule has 3 heteroatoms. The van der Waals surface area contributed by atoms with Crippen molar-refractivity contribution >= 4 is 11.6 Å². The molecule has 0 fully saturated rings. The van der Waals surface area contributed by atoms with E-state index in [1.807, 2.05) is 54.6 Å². The fourth-order valence-corrected chi connectivity index (χ4v) is 2.18. The second-order valence-electron chi connectivity index (χ2n) is 4.74. The number of nitrogens with two attached hydrogens (primary N) is 1. The maximum Gasteiger partial charge on any atom is 0.233 e. The Morgan fingerprint density at radius 3 is 2.55 bits per heavy atom. The van der Waals surface area contributed by atoms with Gasteiger partial charge in [0.25, 0.3) is 0 Å². The lowest BCUT2D eigenvalue weighted by atomic mass is 9.98. The lowest BCUT2D eigenvalue weighted by molar-refractivity contribution is -0.117. The fourth-order valence-electron chi connectivity index (χ4n) is 2.18. The summed E-state index contributed by atoms with van der Waals surface area (Å²) in [6.07, 6.45) is 0.947. The largest absolute Gasteiger partial charge is 0.329 e. The van der Waals surface area contributed by atoms with Gasteiger partial charge >= 0.3 is 0 Å². The summed E-state index contributed by atoms with van der Waals surface area (Å²) >= 11 is 0. The van der Waals surface area contributed by atoms with Crippen molar-refractivity contribution in [3.63, 3.8) is 0 Å². The molecule has 0 saturated heterocycles. The zero-order valence-corrected chi connectivity index (χ0v) is 11.7. The lowest BCUT2D eigenvalue weighted by Gasteiger charge is -2.15. The fraction of sp³-hybridized carbons (Fsp3) is 0.235. The Bertz CT molecular complexity index is 566. The first-order chi connectivity index (χ1) is 9.74. The normalized spacial score (nSPS) is 11.9. The highest BCUT2D eigenvalue weighted by Gasteiger charge is 2.18. The molecule has 0 spiro atoms. The van der Waals surface area contributed by atoms with Crippen LogP contribution in [0.4, 0.5) is 5.69 Å². The number of carbonyl (C=O) groups excluding carboxylic acids is 1. The summed E-state index contributed by atoms with van der Waals surface area (Å²) < 4.78 is 0. The van der Waals surface area contributed by atoms with E-state index in [9.17, 15) is 4.79 Å². The molecule has 0 bridgehead atoms. The van der Waals surface area contributed by atoms with E-state index in [0.29, 0.717) is 6.54 Å². The zero-order chi connectivity index (χ0) is 14.4. The Kier molecular flexibility index (Phi) is 4.91. The number of carbonyl (C=O) groups is 1. The van der Waals surface area contributed by atoms with Crippen LogP contribution in [0.3, 0.4) is 0 Å². The summed E-state index contributed by atoms with van der Waals surface area (Å²) in [7, 11) is 0. The molecule has 3 nitrogen and oxygen atoms in total. The Labute approximate surface area is 119 Å². The molecule has 0 aliphatic carbocycles. The van der Waals surface area contributed by atoms with Crippen LogP contribution in [0.5, 0.6) is 0 Å². The van der Waals surface area contributed by atoms with Crippen LogP contribution in [0, 0.1) is 0 Å². The van der Waals surface area contributed by atoms with E-state index >= 15 is 0 Å². The molecular weight excluding hydrogens is 248 g/mol. The number of amides is 1. The second-order valence-corrected chi connectivity index (χ2v) is 4.74. The summed E-state index contributed by atoms with van der Waals surface area (Å²) in [4.78, 5) is 12.4. The summed E-state index contributed by atoms with van der Waals surface area (Å²) in [5.41, 5.74) is 8.72. The van der Waals surface area contributed by atoms with E-state index < -0.39 is 0 Å². The standard InChI is InChI=1S/C17H20N2O/c1-2-13-7-6-10-15(11-13)19-17(20)16(12-18)14-8-4-3-5-9-14/h3-11,16H,2,12,18H2,1H3,(H,19,20). The van der Waals surface area contributed by atoms with E-state index in [-0.39, 0.29) is 11.8 Å². The minimum atomic E-state index is -0.318. The number of aryl methyl sites for hydroxylation is 1. The molecule has 2 aromatic carbocycles. The van der Waals surface area contributed by atoms with Gasteiger partial charge in [-0.1, -0.05) is 49.4 Å². The highest BCUT2D eigenvalue weighted by atomic mass is 16.1. The number of nitrogens with one attached hydrogen (secondary N) is 1. The van der Waals surface area contributed by atoms with Crippen molar-refractivity contribution in [3.05, 3.63) is 65.7 Å². The third-order valence-electron chi connectivity index (χ3n) is 3.36. The molecule has 1 amide bonds. The second kappa shape index (κ2) is 6.87. The van der Waals surface area contributed by atoms with Gasteiger partial charge in [0.2, 0.25) is 5.91 Å². The lowest BCUT2D eigenvalue weighted by Crippen LogP contribution is -2.27. The predicted octanol–water partition coefficient (Wildman–Crippen LogP) is 2.93. The molecular formula is C17H20N2O. The van der Waals surface area contributed by atoms with E-state index in [4.69, 9.17) is 5.73 Å². The summed E-state index contributed by atoms with van der Waals surface area (Å²) in [6, 6.07) is 17.5. The summed E-state index contributed by atoms with van der Waals surface area (Å²) in [5, 5.41) is 2.95. The number of benzene rings is 2. The van der Waals surface area contributed by atoms with Gasteiger partial charge < -0.3 is 11.1 Å². The Morgan fingerprint density at radius 1 is 1.15 bits per heavy atom. The van der Waals surface area contributed by atoms with E-state index in [1.165, 1.54) is 5.56 Å². The molecule has 2 rings (SSSR count). The van der Waals surface area contributed by atoms with Gasteiger partial charge in [0, 0.05) is 12.2 Å². The number of anilines is 1. The summed E-state index contributed by atoms with van der Waals surface area (Å²) in [6.45, 7) is 2.39. The Hall–Kier alpha value is -2.13. The van der Waals surface area contributed by atoms with E-state index in [1.54, 1.807) is 0 Å². The maximum atomic E-state index is 12.4. The van der Waals surface area contributed by atoms with Gasteiger partial charge in [-0.3, -0.25) is 4.79 Å². The number of rotatable bonds is 5. The Balaban J connectivity index is 2.13. The highest BCUT2D eigenvalue weighted by Crippen LogP contribution is 2.18. The predicted molar refractivity (Wildman–Crippen MR) is 82.7 cm³/mol. The third kappa shape index (κ3) is 3.45. The van der Waals surface area contributed by atoms with Crippen molar-refractivity contribution in [2.45, 2.75) is 19.3 Å².